The van der Waals surface area contributed by atoms with Crippen LogP contribution in [0.4, 0.5) is 17.1 Å². The summed E-state index contributed by atoms with van der Waals surface area (Å²) in [5.41, 5.74) is 13.8. The number of allylic oxidation sites excluding steroid dienone is 4. The summed E-state index contributed by atoms with van der Waals surface area (Å²) in [6.07, 6.45) is 10.0. The van der Waals surface area contributed by atoms with Crippen molar-refractivity contribution in [3.05, 3.63) is 200 Å². The predicted octanol–water partition coefficient (Wildman–Crippen LogP) is 13.2. The molecule has 4 heteroatoms. The maximum absolute atomic E-state index is 4.88. The molecule has 0 amide bonds. The van der Waals surface area contributed by atoms with E-state index < -0.39 is 0 Å². The van der Waals surface area contributed by atoms with Gasteiger partial charge in [0.05, 0.1) is 28.4 Å². The van der Waals surface area contributed by atoms with Crippen molar-refractivity contribution in [3.63, 3.8) is 0 Å². The molecular formula is C50H38N4. The number of nitrogens with zero attached hydrogens (tertiary/aromatic N) is 4. The van der Waals surface area contributed by atoms with Gasteiger partial charge in [-0.1, -0.05) is 116 Å². The van der Waals surface area contributed by atoms with Crippen LogP contribution in [0.3, 0.4) is 0 Å². The van der Waals surface area contributed by atoms with E-state index in [9.17, 15) is 0 Å². The lowest BCUT2D eigenvalue weighted by Crippen LogP contribution is -2.10. The van der Waals surface area contributed by atoms with Crippen LogP contribution in [0.1, 0.15) is 18.9 Å². The van der Waals surface area contributed by atoms with Gasteiger partial charge in [-0.3, -0.25) is 0 Å². The van der Waals surface area contributed by atoms with E-state index in [1.165, 1.54) is 38.6 Å². The van der Waals surface area contributed by atoms with Gasteiger partial charge >= 0.3 is 0 Å². The lowest BCUT2D eigenvalue weighted by molar-refractivity contribution is 0.740. The molecule has 1 aliphatic rings. The van der Waals surface area contributed by atoms with Gasteiger partial charge in [-0.15, -0.1) is 0 Å². The zero-order valence-corrected chi connectivity index (χ0v) is 30.0. The first-order chi connectivity index (χ1) is 26.7. The van der Waals surface area contributed by atoms with Gasteiger partial charge in [0.1, 0.15) is 0 Å². The minimum absolute atomic E-state index is 0.550. The van der Waals surface area contributed by atoms with Crippen molar-refractivity contribution in [3.8, 4) is 22.5 Å². The number of para-hydroxylation sites is 2. The third-order valence-corrected chi connectivity index (χ3v) is 10.7. The molecule has 9 aromatic rings. The predicted molar refractivity (Wildman–Crippen MR) is 226 cm³/mol. The van der Waals surface area contributed by atoms with Crippen LogP contribution in [0.2, 0.25) is 0 Å². The van der Waals surface area contributed by atoms with Gasteiger partial charge in [0.15, 0.2) is 0 Å². The molecule has 10 rings (SSSR count). The summed E-state index contributed by atoms with van der Waals surface area (Å²) in [6, 6.07) is 61.0. The van der Waals surface area contributed by atoms with Gasteiger partial charge in [-0.2, -0.15) is 5.10 Å². The van der Waals surface area contributed by atoms with Crippen molar-refractivity contribution in [2.45, 2.75) is 13.3 Å². The average molecular weight is 695 g/mol. The van der Waals surface area contributed by atoms with Gasteiger partial charge in [0.25, 0.3) is 0 Å². The fraction of sp³-hybridized carbons (Fsp3) is 0.0600. The summed E-state index contributed by atoms with van der Waals surface area (Å²) >= 11 is 0. The molecule has 0 fully saturated rings. The molecule has 0 aliphatic heterocycles. The Hall–Kier alpha value is -6.91. The Morgan fingerprint density at radius 2 is 1.13 bits per heavy atom. The third kappa shape index (κ3) is 5.51. The van der Waals surface area contributed by atoms with E-state index in [1.807, 2.05) is 16.9 Å². The summed E-state index contributed by atoms with van der Waals surface area (Å²) in [6.45, 7) is 2.28. The molecule has 1 atom stereocenters. The maximum atomic E-state index is 4.88. The van der Waals surface area contributed by atoms with Crippen LogP contribution in [0.25, 0.3) is 60.8 Å². The maximum Gasteiger partial charge on any atom is 0.0762 e. The molecule has 4 nitrogen and oxygen atoms in total. The van der Waals surface area contributed by atoms with Crippen molar-refractivity contribution in [2.75, 3.05) is 4.90 Å². The van der Waals surface area contributed by atoms with Crippen LogP contribution in [-0.2, 0) is 0 Å². The lowest BCUT2D eigenvalue weighted by atomic mass is 9.93. The number of aromatic nitrogens is 3. The SMILES string of the molecule is CC1C=C(c2ccc(N(c3ccc(-c4ccccc4)cc3)c3ccc(-n4c5ccccc5c5ccc6c(cnn6-c6ccccc6)c54)cc3)cc2)C=CC1. The highest BCUT2D eigenvalue weighted by molar-refractivity contribution is 6.18. The quantitative estimate of drug-likeness (QED) is 0.166. The Kier molecular flexibility index (Phi) is 7.80. The third-order valence-electron chi connectivity index (χ3n) is 10.7. The molecule has 0 radical (unpaired) electrons. The first-order valence-corrected chi connectivity index (χ1v) is 18.7. The van der Waals surface area contributed by atoms with E-state index in [4.69, 9.17) is 5.10 Å². The lowest BCUT2D eigenvalue weighted by Gasteiger charge is -2.26. The van der Waals surface area contributed by atoms with Crippen molar-refractivity contribution in [2.24, 2.45) is 5.92 Å². The Bertz CT molecular complexity index is 2820. The van der Waals surface area contributed by atoms with Crippen molar-refractivity contribution >= 4 is 55.3 Å². The summed E-state index contributed by atoms with van der Waals surface area (Å²) in [5.74, 6) is 0.550. The van der Waals surface area contributed by atoms with Gasteiger partial charge in [-0.05, 0) is 113 Å². The zero-order valence-electron chi connectivity index (χ0n) is 30.0. The highest BCUT2D eigenvalue weighted by atomic mass is 15.3. The number of anilines is 3. The van der Waals surface area contributed by atoms with Crippen molar-refractivity contribution < 1.29 is 0 Å². The van der Waals surface area contributed by atoms with Crippen LogP contribution in [0.5, 0.6) is 0 Å². The van der Waals surface area contributed by atoms with Crippen LogP contribution >= 0.6 is 0 Å². The summed E-state index contributed by atoms with van der Waals surface area (Å²) in [5, 5.41) is 8.44. The van der Waals surface area contributed by atoms with E-state index in [0.29, 0.717) is 5.92 Å². The van der Waals surface area contributed by atoms with E-state index >= 15 is 0 Å². The van der Waals surface area contributed by atoms with Gasteiger partial charge < -0.3 is 9.47 Å². The summed E-state index contributed by atoms with van der Waals surface area (Å²) in [7, 11) is 0. The zero-order chi connectivity index (χ0) is 36.0. The molecule has 0 saturated carbocycles. The van der Waals surface area contributed by atoms with Crippen LogP contribution in [0.15, 0.2) is 194 Å². The molecule has 54 heavy (non-hydrogen) atoms. The van der Waals surface area contributed by atoms with E-state index in [2.05, 4.69) is 198 Å². The molecule has 0 bridgehead atoms. The average Bonchev–Trinajstić information content (AvgIpc) is 3.82. The molecule has 1 aliphatic carbocycles. The first-order valence-electron chi connectivity index (χ1n) is 18.7. The Labute approximate surface area is 315 Å². The molecule has 1 unspecified atom stereocenters. The second kappa shape index (κ2) is 13.3. The number of benzene rings is 7. The van der Waals surface area contributed by atoms with E-state index in [0.717, 1.165) is 51.3 Å². The molecule has 0 spiro atoms. The minimum Gasteiger partial charge on any atom is -0.311 e. The highest BCUT2D eigenvalue weighted by Crippen LogP contribution is 2.40. The van der Waals surface area contributed by atoms with Gasteiger partial charge in [0, 0.05) is 38.9 Å². The largest absolute Gasteiger partial charge is 0.311 e. The first kappa shape index (κ1) is 31.8. The molecule has 7 aromatic carbocycles. The molecule has 2 heterocycles. The number of fused-ring (bicyclic) bond motifs is 5. The van der Waals surface area contributed by atoms with E-state index in [1.54, 1.807) is 0 Å². The molecule has 2 aromatic heterocycles. The van der Waals surface area contributed by atoms with Crippen molar-refractivity contribution in [1.29, 1.82) is 0 Å². The Morgan fingerprint density at radius 1 is 0.519 bits per heavy atom. The van der Waals surface area contributed by atoms with E-state index in [-0.39, 0.29) is 0 Å². The molecular weight excluding hydrogens is 657 g/mol. The normalized spacial score (nSPS) is 14.2. The molecule has 0 saturated heterocycles. The van der Waals surface area contributed by atoms with Crippen LogP contribution in [0, 0.1) is 5.92 Å². The number of rotatable bonds is 7. The number of hydrogen-bond acceptors (Lipinski definition) is 2. The Balaban J connectivity index is 1.09. The topological polar surface area (TPSA) is 26.0 Å². The monoisotopic (exact) mass is 694 g/mol. The fourth-order valence-electron chi connectivity index (χ4n) is 8.07. The second-order valence-electron chi connectivity index (χ2n) is 14.2. The minimum atomic E-state index is 0.550. The molecule has 258 valence electrons. The van der Waals surface area contributed by atoms with Crippen molar-refractivity contribution in [1.82, 2.24) is 14.3 Å². The standard InChI is InChI=1S/C50H38N4/c1-35-11-10-14-39(33-35)38-21-25-41(26-22-38)52(40-23-19-37(20-24-40)36-12-4-2-5-13-36)42-27-29-43(30-28-42)53-48-18-9-8-17-45(48)46-31-32-49-47(50(46)53)34-51-54(49)44-15-6-3-7-16-44/h2-10,12-35H,11H2,1H3. The Morgan fingerprint density at radius 3 is 1.83 bits per heavy atom. The highest BCUT2D eigenvalue weighted by Gasteiger charge is 2.19. The van der Waals surface area contributed by atoms with Crippen LogP contribution < -0.4 is 4.90 Å². The number of hydrogen-bond donors (Lipinski definition) is 0. The fourth-order valence-corrected chi connectivity index (χ4v) is 8.07. The smallest absolute Gasteiger partial charge is 0.0762 e. The summed E-state index contributed by atoms with van der Waals surface area (Å²) in [4.78, 5) is 2.35. The second-order valence-corrected chi connectivity index (χ2v) is 14.2. The molecule has 0 N–H and O–H groups in total. The van der Waals surface area contributed by atoms with Gasteiger partial charge in [-0.25, -0.2) is 4.68 Å². The van der Waals surface area contributed by atoms with Gasteiger partial charge in [0.2, 0.25) is 0 Å². The van der Waals surface area contributed by atoms with Crippen LogP contribution in [-0.4, -0.2) is 14.3 Å². The summed E-state index contributed by atoms with van der Waals surface area (Å²) < 4.78 is 4.43.